The van der Waals surface area contributed by atoms with Crippen molar-refractivity contribution in [2.45, 2.75) is 22.8 Å². The lowest BCUT2D eigenvalue weighted by Crippen LogP contribution is -2.55. The Labute approximate surface area is 234 Å². The molecular weight excluding hydrogens is 549 g/mol. The molecule has 0 spiro atoms. The first kappa shape index (κ1) is 25.1. The zero-order valence-electron chi connectivity index (χ0n) is 20.2. The highest BCUT2D eigenvalue weighted by molar-refractivity contribution is 8.58. The molecule has 0 radical (unpaired) electrons. The van der Waals surface area contributed by atoms with Gasteiger partial charge in [0.1, 0.15) is 0 Å². The highest BCUT2D eigenvalue weighted by atomic mass is 33.2. The average molecular weight is 573 g/mol. The Balaban J connectivity index is 1.51. The normalized spacial score (nSPS) is 20.4. The standard InChI is InChI=1S/C30H24N2O2S4/c33-27-30-32(26(23-17-9-3-10-18-23)24-19-11-4-12-20-24)28(34)29(38(30)37-36-35)31(27)25(21-13-5-1-6-14-21)22-15-7-2-8-16-22/h1-20,25-26,29-30H. The Kier molecular flexibility index (Phi) is 7.21. The number of nitrogens with zero attached hydrogens (tertiary/aromatic N) is 2. The van der Waals surface area contributed by atoms with Crippen molar-refractivity contribution in [1.82, 2.24) is 9.80 Å². The summed E-state index contributed by atoms with van der Waals surface area (Å²) in [5.41, 5.74) is 3.95. The van der Waals surface area contributed by atoms with E-state index < -0.39 is 20.2 Å². The van der Waals surface area contributed by atoms with E-state index in [1.54, 1.807) is 0 Å². The minimum atomic E-state index is -0.634. The number of rotatable bonds is 6. The van der Waals surface area contributed by atoms with Gasteiger partial charge in [-0.15, -0.1) is 0 Å². The van der Waals surface area contributed by atoms with Crippen LogP contribution < -0.4 is 0 Å². The van der Waals surface area contributed by atoms with E-state index in [-0.39, 0.29) is 23.9 Å². The molecule has 0 aromatic heterocycles. The zero-order chi connectivity index (χ0) is 26.1. The number of hydrogen-bond acceptors (Lipinski definition) is 3. The van der Waals surface area contributed by atoms with Crippen molar-refractivity contribution < 1.29 is 9.59 Å². The summed E-state index contributed by atoms with van der Waals surface area (Å²) < 4.78 is 0. The van der Waals surface area contributed by atoms with Crippen molar-refractivity contribution in [2.24, 2.45) is 0 Å². The minimum Gasteiger partial charge on any atom is -0.308 e. The molecule has 2 aliphatic heterocycles. The molecular formula is C30H24N2O2S4. The monoisotopic (exact) mass is 572 g/mol. The van der Waals surface area contributed by atoms with Crippen LogP contribution in [-0.4, -0.2) is 32.4 Å². The highest BCUT2D eigenvalue weighted by Crippen LogP contribution is 2.46. The van der Waals surface area contributed by atoms with Gasteiger partial charge in [0.15, 0.2) is 10.7 Å². The number of carbonyl (C=O) groups is 2. The van der Waals surface area contributed by atoms with Gasteiger partial charge < -0.3 is 9.80 Å². The highest BCUT2D eigenvalue weighted by Gasteiger charge is 2.62. The van der Waals surface area contributed by atoms with E-state index in [4.69, 9.17) is 11.2 Å². The number of hydrogen-bond donors (Lipinski definition) is 0. The molecule has 38 heavy (non-hydrogen) atoms. The Bertz CT molecular complexity index is 1380. The Morgan fingerprint density at radius 2 is 0.842 bits per heavy atom. The largest absolute Gasteiger partial charge is 0.308 e. The van der Waals surface area contributed by atoms with Gasteiger partial charge in [0, 0.05) is 0 Å². The fourth-order valence-corrected chi connectivity index (χ4v) is 12.8. The molecule has 4 nitrogen and oxygen atoms in total. The third kappa shape index (κ3) is 4.31. The van der Waals surface area contributed by atoms with Crippen LogP contribution in [0.3, 0.4) is 0 Å². The van der Waals surface area contributed by atoms with Crippen LogP contribution in [0.25, 0.3) is 0 Å². The van der Waals surface area contributed by atoms with Gasteiger partial charge in [0.25, 0.3) is 11.8 Å². The van der Waals surface area contributed by atoms with E-state index in [1.807, 2.05) is 131 Å². The lowest BCUT2D eigenvalue weighted by atomic mass is 9.94. The van der Waals surface area contributed by atoms with E-state index in [1.165, 1.54) is 17.8 Å². The van der Waals surface area contributed by atoms with Crippen LogP contribution in [0.2, 0.25) is 0 Å². The molecule has 0 saturated carbocycles. The molecule has 8 heteroatoms. The van der Waals surface area contributed by atoms with Crippen LogP contribution in [0, 0.1) is 0 Å². The third-order valence-corrected chi connectivity index (χ3v) is 14.1. The summed E-state index contributed by atoms with van der Waals surface area (Å²) in [6.45, 7) is 0. The second kappa shape index (κ2) is 10.9. The molecule has 4 aromatic rings. The van der Waals surface area contributed by atoms with Gasteiger partial charge in [-0.3, -0.25) is 9.59 Å². The first-order chi connectivity index (χ1) is 18.7. The van der Waals surface area contributed by atoms with E-state index in [9.17, 15) is 9.59 Å². The number of piperazine rings is 1. The molecule has 2 heterocycles. The maximum atomic E-state index is 14.4. The Hall–Kier alpha value is -3.17. The summed E-state index contributed by atoms with van der Waals surface area (Å²) in [4.78, 5) is 32.6. The predicted molar refractivity (Wildman–Crippen MR) is 160 cm³/mol. The topological polar surface area (TPSA) is 40.6 Å². The zero-order valence-corrected chi connectivity index (χ0v) is 23.5. The summed E-state index contributed by atoms with van der Waals surface area (Å²) >= 11 is 5.31. The quantitative estimate of drug-likeness (QED) is 0.327. The molecule has 190 valence electrons. The molecule has 4 aromatic carbocycles. The van der Waals surface area contributed by atoms with Crippen LogP contribution in [0.4, 0.5) is 0 Å². The first-order valence-electron chi connectivity index (χ1n) is 12.2. The molecule has 0 aliphatic carbocycles. The minimum absolute atomic E-state index is 0.0240. The number of carbonyl (C=O) groups excluding carboxylic acids is 2. The van der Waals surface area contributed by atoms with Gasteiger partial charge >= 0.3 is 0 Å². The van der Waals surface area contributed by atoms with Crippen molar-refractivity contribution in [2.75, 3.05) is 0 Å². The van der Waals surface area contributed by atoms with Crippen LogP contribution >= 0.6 is 0 Å². The molecule has 2 aliphatic rings. The molecule has 2 unspecified atom stereocenters. The molecule has 0 N–H and O–H groups in total. The summed E-state index contributed by atoms with van der Waals surface area (Å²) in [6, 6.07) is 39.2. The molecule has 2 bridgehead atoms. The van der Waals surface area contributed by atoms with Gasteiger partial charge in [0.05, 0.1) is 12.1 Å². The SMILES string of the molecule is O=C1C2N(C(c3ccccc3)c3ccccc3)C(=O)C(N1C(c1ccccc1)c1ccccc1)S2=S=S=S. The maximum Gasteiger partial charge on any atom is 0.258 e. The smallest absolute Gasteiger partial charge is 0.258 e. The summed E-state index contributed by atoms with van der Waals surface area (Å²) in [5, 5.41) is -1.18. The van der Waals surface area contributed by atoms with Crippen LogP contribution in [0.15, 0.2) is 121 Å². The molecule has 2 amide bonds. The second-order valence-electron chi connectivity index (χ2n) is 9.11. The molecule has 2 fully saturated rings. The van der Waals surface area contributed by atoms with Crippen LogP contribution in [0.1, 0.15) is 34.3 Å². The van der Waals surface area contributed by atoms with Gasteiger partial charge in [-0.25, -0.2) is 0 Å². The third-order valence-electron chi connectivity index (χ3n) is 7.00. The van der Waals surface area contributed by atoms with Gasteiger partial charge in [-0.2, -0.15) is 0 Å². The van der Waals surface area contributed by atoms with Crippen molar-refractivity contribution >= 4 is 50.2 Å². The summed E-state index contributed by atoms with van der Waals surface area (Å²) in [6.07, 6.45) is 0. The lowest BCUT2D eigenvalue weighted by Gasteiger charge is -2.40. The Morgan fingerprint density at radius 1 is 0.553 bits per heavy atom. The molecule has 2 saturated heterocycles. The Morgan fingerprint density at radius 3 is 1.11 bits per heavy atom. The lowest BCUT2D eigenvalue weighted by molar-refractivity contribution is -0.153. The van der Waals surface area contributed by atoms with Crippen molar-refractivity contribution in [3.63, 3.8) is 0 Å². The first-order valence-corrected chi connectivity index (χ1v) is 17.2. The average Bonchev–Trinajstić information content (AvgIpc) is 3.39. The fourth-order valence-electron chi connectivity index (χ4n) is 5.47. The molecule has 2 atom stereocenters. The van der Waals surface area contributed by atoms with Gasteiger partial charge in [-0.1, -0.05) is 131 Å². The van der Waals surface area contributed by atoms with Crippen LogP contribution in [-0.2, 0) is 48.0 Å². The van der Waals surface area contributed by atoms with E-state index in [2.05, 4.69) is 0 Å². The summed E-state index contributed by atoms with van der Waals surface area (Å²) in [5.74, 6) is -0.0481. The van der Waals surface area contributed by atoms with Crippen LogP contribution in [0.5, 0.6) is 0 Å². The number of fused-ring (bicyclic) bond motifs is 2. The van der Waals surface area contributed by atoms with Gasteiger partial charge in [-0.05, 0) is 51.2 Å². The predicted octanol–water partition coefficient (Wildman–Crippen LogP) is 4.98. The van der Waals surface area contributed by atoms with Crippen molar-refractivity contribution in [3.05, 3.63) is 144 Å². The maximum absolute atomic E-state index is 14.4. The van der Waals surface area contributed by atoms with Crippen molar-refractivity contribution in [1.29, 1.82) is 0 Å². The van der Waals surface area contributed by atoms with Crippen molar-refractivity contribution in [3.8, 4) is 0 Å². The van der Waals surface area contributed by atoms with Gasteiger partial charge in [0.2, 0.25) is 0 Å². The molecule has 6 rings (SSSR count). The van der Waals surface area contributed by atoms with E-state index in [0.717, 1.165) is 22.3 Å². The van der Waals surface area contributed by atoms with E-state index >= 15 is 0 Å². The van der Waals surface area contributed by atoms with E-state index in [0.29, 0.717) is 0 Å². The number of benzene rings is 4. The fraction of sp³-hybridized carbons (Fsp3) is 0.133. The number of amides is 2. The summed E-state index contributed by atoms with van der Waals surface area (Å²) in [7, 11) is 2.06. The second-order valence-corrected chi connectivity index (χ2v) is 15.4.